The maximum atomic E-state index is 14.6. The number of hydrogen-bond donors (Lipinski definition) is 0. The van der Waals surface area contributed by atoms with E-state index in [0.29, 0.717) is 42.9 Å². The third kappa shape index (κ3) is 6.55. The van der Waals surface area contributed by atoms with Gasteiger partial charge in [-0.25, -0.2) is 19.2 Å². The van der Waals surface area contributed by atoms with Gasteiger partial charge in [-0.05, 0) is 38.5 Å². The monoisotopic (exact) mass is 474 g/mol. The van der Waals surface area contributed by atoms with Crippen molar-refractivity contribution in [2.45, 2.75) is 52.2 Å². The van der Waals surface area contributed by atoms with Crippen LogP contribution in [-0.2, 0) is 16.0 Å². The van der Waals surface area contributed by atoms with Gasteiger partial charge >= 0.3 is 6.09 Å². The van der Waals surface area contributed by atoms with Crippen LogP contribution in [0.1, 0.15) is 37.8 Å². The van der Waals surface area contributed by atoms with Crippen molar-refractivity contribution in [3.63, 3.8) is 0 Å². The summed E-state index contributed by atoms with van der Waals surface area (Å²) in [5.41, 5.74) is 1.09. The third-order valence-corrected chi connectivity index (χ3v) is 5.36. The Morgan fingerprint density at radius 3 is 2.47 bits per heavy atom. The average molecular weight is 475 g/mol. The van der Waals surface area contributed by atoms with E-state index in [1.807, 2.05) is 13.8 Å². The van der Waals surface area contributed by atoms with Crippen LogP contribution in [-0.4, -0.2) is 71.2 Å². The molecule has 0 radical (unpaired) electrons. The van der Waals surface area contributed by atoms with Crippen molar-refractivity contribution < 1.29 is 28.2 Å². The number of benzene rings is 1. The molecule has 2 aromatic rings. The van der Waals surface area contributed by atoms with Gasteiger partial charge in [0.2, 0.25) is 17.7 Å². The quantitative estimate of drug-likeness (QED) is 0.603. The fraction of sp³-hybridized carbons (Fsp3) is 0.500. The number of halogens is 1. The smallest absolute Gasteiger partial charge is 0.410 e. The summed E-state index contributed by atoms with van der Waals surface area (Å²) in [6.45, 7) is 6.42. The molecule has 0 N–H and O–H groups in total. The number of piperidine rings is 1. The molecule has 1 aromatic carbocycles. The van der Waals surface area contributed by atoms with E-state index in [-0.39, 0.29) is 42.3 Å². The van der Waals surface area contributed by atoms with Crippen LogP contribution in [0.15, 0.2) is 24.5 Å². The van der Waals surface area contributed by atoms with Gasteiger partial charge in [-0.1, -0.05) is 6.07 Å². The summed E-state index contributed by atoms with van der Waals surface area (Å²) >= 11 is 0. The lowest BCUT2D eigenvalue weighted by Gasteiger charge is -2.31. The van der Waals surface area contributed by atoms with E-state index in [4.69, 9.17) is 14.2 Å². The standard InChI is InChI=1S/C24H31FN4O5/c1-15(2)32-24(31)29-10-8-18(9-11-29)33-22-16(3)23(27-14-26-22)34-20-7-6-17(12-19(20)25)13-21(30)28(4)5/h6-7,12,14-15,18H,8-11,13H2,1-5H3. The predicted molar refractivity (Wildman–Crippen MR) is 122 cm³/mol. The predicted octanol–water partition coefficient (Wildman–Crippen LogP) is 3.74. The zero-order valence-corrected chi connectivity index (χ0v) is 20.2. The first-order valence-electron chi connectivity index (χ1n) is 11.2. The van der Waals surface area contributed by atoms with Crippen molar-refractivity contribution in [3.05, 3.63) is 41.5 Å². The molecule has 2 heterocycles. The number of hydrogen-bond acceptors (Lipinski definition) is 7. The van der Waals surface area contributed by atoms with Gasteiger partial charge in [0.25, 0.3) is 0 Å². The Hall–Kier alpha value is -3.43. The van der Waals surface area contributed by atoms with E-state index in [0.717, 1.165) is 0 Å². The Morgan fingerprint density at radius 2 is 1.85 bits per heavy atom. The molecule has 10 heteroatoms. The average Bonchev–Trinajstić information content (AvgIpc) is 2.78. The van der Waals surface area contributed by atoms with Crippen molar-refractivity contribution in [1.82, 2.24) is 19.8 Å². The van der Waals surface area contributed by atoms with E-state index in [9.17, 15) is 14.0 Å². The molecule has 1 aliphatic rings. The molecule has 3 rings (SSSR count). The van der Waals surface area contributed by atoms with E-state index in [1.54, 1.807) is 32.0 Å². The molecule has 1 aliphatic heterocycles. The van der Waals surface area contributed by atoms with Crippen LogP contribution < -0.4 is 9.47 Å². The first-order chi connectivity index (χ1) is 16.1. The molecule has 2 amide bonds. The second-order valence-electron chi connectivity index (χ2n) is 8.68. The van der Waals surface area contributed by atoms with Crippen LogP contribution >= 0.6 is 0 Å². The first kappa shape index (κ1) is 25.2. The lowest BCUT2D eigenvalue weighted by Crippen LogP contribution is -2.42. The number of aromatic nitrogens is 2. The summed E-state index contributed by atoms with van der Waals surface area (Å²) in [6, 6.07) is 4.40. The highest BCUT2D eigenvalue weighted by Gasteiger charge is 2.26. The van der Waals surface area contributed by atoms with Gasteiger partial charge < -0.3 is 24.0 Å². The SMILES string of the molecule is Cc1c(Oc2ccc(CC(=O)N(C)C)cc2F)ncnc1OC1CCN(C(=O)OC(C)C)CC1. The van der Waals surface area contributed by atoms with E-state index < -0.39 is 5.82 Å². The highest BCUT2D eigenvalue weighted by atomic mass is 19.1. The lowest BCUT2D eigenvalue weighted by molar-refractivity contribution is -0.127. The summed E-state index contributed by atoms with van der Waals surface area (Å²) in [5.74, 6) is -0.194. The summed E-state index contributed by atoms with van der Waals surface area (Å²) in [5, 5.41) is 0. The number of nitrogens with zero attached hydrogens (tertiary/aromatic N) is 4. The second-order valence-corrected chi connectivity index (χ2v) is 8.68. The van der Waals surface area contributed by atoms with Crippen LogP contribution in [0.2, 0.25) is 0 Å². The largest absolute Gasteiger partial charge is 0.474 e. The molecule has 0 aliphatic carbocycles. The fourth-order valence-corrected chi connectivity index (χ4v) is 3.40. The van der Waals surface area contributed by atoms with Gasteiger partial charge in [-0.2, -0.15) is 0 Å². The Morgan fingerprint density at radius 1 is 1.18 bits per heavy atom. The van der Waals surface area contributed by atoms with Gasteiger partial charge in [0.05, 0.1) is 18.1 Å². The van der Waals surface area contributed by atoms with E-state index >= 15 is 0 Å². The second kappa shape index (κ2) is 11.1. The summed E-state index contributed by atoms with van der Waals surface area (Å²) < 4.78 is 31.6. The van der Waals surface area contributed by atoms with Gasteiger partial charge in [0.1, 0.15) is 12.4 Å². The van der Waals surface area contributed by atoms with Crippen LogP contribution in [0.4, 0.5) is 9.18 Å². The molecule has 0 bridgehead atoms. The molecule has 184 valence electrons. The van der Waals surface area contributed by atoms with Gasteiger partial charge in [0.15, 0.2) is 11.6 Å². The van der Waals surface area contributed by atoms with Crippen molar-refractivity contribution in [3.8, 4) is 17.5 Å². The summed E-state index contributed by atoms with van der Waals surface area (Å²) in [7, 11) is 3.30. The fourth-order valence-electron chi connectivity index (χ4n) is 3.40. The number of likely N-dealkylation sites (tertiary alicyclic amines) is 1. The molecular weight excluding hydrogens is 443 g/mol. The molecule has 1 aromatic heterocycles. The van der Waals surface area contributed by atoms with Crippen LogP contribution in [0, 0.1) is 12.7 Å². The van der Waals surface area contributed by atoms with Crippen molar-refractivity contribution in [1.29, 1.82) is 0 Å². The van der Waals surface area contributed by atoms with Crippen LogP contribution in [0.3, 0.4) is 0 Å². The van der Waals surface area contributed by atoms with E-state index in [2.05, 4.69) is 9.97 Å². The van der Waals surface area contributed by atoms with Gasteiger partial charge in [-0.15, -0.1) is 0 Å². The number of ether oxygens (including phenoxy) is 3. The Balaban J connectivity index is 1.62. The number of carbonyl (C=O) groups excluding carboxylic acids is 2. The minimum atomic E-state index is -0.592. The third-order valence-electron chi connectivity index (χ3n) is 5.36. The molecule has 1 fully saturated rings. The molecule has 1 saturated heterocycles. The number of likely N-dealkylation sites (N-methyl/N-ethyl adjacent to an activating group) is 1. The van der Waals surface area contributed by atoms with Crippen molar-refractivity contribution >= 4 is 12.0 Å². The van der Waals surface area contributed by atoms with Gasteiger partial charge in [0, 0.05) is 40.0 Å². The van der Waals surface area contributed by atoms with Crippen LogP contribution in [0.25, 0.3) is 0 Å². The number of rotatable bonds is 7. The van der Waals surface area contributed by atoms with E-state index in [1.165, 1.54) is 23.4 Å². The highest BCUT2D eigenvalue weighted by molar-refractivity contribution is 5.78. The molecule has 0 unspecified atom stereocenters. The molecule has 0 saturated carbocycles. The first-order valence-corrected chi connectivity index (χ1v) is 11.2. The van der Waals surface area contributed by atoms with Crippen LogP contribution in [0.5, 0.6) is 17.5 Å². The Bertz CT molecular complexity index is 1020. The Labute approximate surface area is 198 Å². The topological polar surface area (TPSA) is 94.1 Å². The molecule has 0 atom stereocenters. The zero-order valence-electron chi connectivity index (χ0n) is 20.2. The Kier molecular flexibility index (Phi) is 8.25. The lowest BCUT2D eigenvalue weighted by atomic mass is 10.1. The van der Waals surface area contributed by atoms with Gasteiger partial charge in [-0.3, -0.25) is 4.79 Å². The highest BCUT2D eigenvalue weighted by Crippen LogP contribution is 2.31. The maximum absolute atomic E-state index is 14.6. The maximum Gasteiger partial charge on any atom is 0.410 e. The molecule has 34 heavy (non-hydrogen) atoms. The summed E-state index contributed by atoms with van der Waals surface area (Å²) in [4.78, 5) is 35.3. The molecule has 9 nitrogen and oxygen atoms in total. The summed E-state index contributed by atoms with van der Waals surface area (Å²) in [6.07, 6.45) is 2.06. The number of amides is 2. The molecular formula is C24H31FN4O5. The van der Waals surface area contributed by atoms with Crippen molar-refractivity contribution in [2.24, 2.45) is 0 Å². The number of carbonyl (C=O) groups is 2. The van der Waals surface area contributed by atoms with Crippen molar-refractivity contribution in [2.75, 3.05) is 27.2 Å². The zero-order chi connectivity index (χ0) is 24.8. The molecule has 0 spiro atoms. The normalized spacial score (nSPS) is 14.1. The minimum Gasteiger partial charge on any atom is -0.474 e. The minimum absolute atomic E-state index is 0.00854.